The van der Waals surface area contributed by atoms with E-state index >= 15 is 0 Å². The van der Waals surface area contributed by atoms with Crippen molar-refractivity contribution in [1.82, 2.24) is 0 Å². The van der Waals surface area contributed by atoms with Gasteiger partial charge in [-0.1, -0.05) is 23.7 Å². The second-order valence-corrected chi connectivity index (χ2v) is 4.99. The molecule has 0 aliphatic heterocycles. The molecule has 0 radical (unpaired) electrons. The summed E-state index contributed by atoms with van der Waals surface area (Å²) in [6.07, 6.45) is 2.54. The van der Waals surface area contributed by atoms with Crippen LogP contribution in [0.2, 0.25) is 5.02 Å². The van der Waals surface area contributed by atoms with Crippen LogP contribution in [-0.4, -0.2) is 0 Å². The summed E-state index contributed by atoms with van der Waals surface area (Å²) in [5, 5.41) is 0.814. The lowest BCUT2D eigenvalue weighted by molar-refractivity contribution is 0.630. The Balaban J connectivity index is 2.32. The van der Waals surface area contributed by atoms with Crippen LogP contribution in [0.4, 0.5) is 0 Å². The summed E-state index contributed by atoms with van der Waals surface area (Å²) in [4.78, 5) is 0. The molecule has 0 amide bonds. The van der Waals surface area contributed by atoms with Gasteiger partial charge in [-0.05, 0) is 53.0 Å². The number of benzene rings is 1. The van der Waals surface area contributed by atoms with Crippen molar-refractivity contribution in [3.05, 3.63) is 32.4 Å². The van der Waals surface area contributed by atoms with E-state index in [0.717, 1.165) is 8.59 Å². The summed E-state index contributed by atoms with van der Waals surface area (Å²) < 4.78 is 1.11. The van der Waals surface area contributed by atoms with Crippen molar-refractivity contribution in [2.75, 3.05) is 0 Å². The highest BCUT2D eigenvalue weighted by Crippen LogP contribution is 2.41. The van der Waals surface area contributed by atoms with E-state index in [4.69, 9.17) is 17.3 Å². The molecule has 2 N–H and O–H groups in total. The zero-order valence-corrected chi connectivity index (χ0v) is 10.0. The zero-order valence-electron chi connectivity index (χ0n) is 7.13. The van der Waals surface area contributed by atoms with Crippen molar-refractivity contribution in [2.24, 2.45) is 11.7 Å². The molecule has 0 aromatic heterocycles. The van der Waals surface area contributed by atoms with E-state index in [9.17, 15) is 0 Å². The predicted molar refractivity (Wildman–Crippen MR) is 63.8 cm³/mol. The number of rotatable bonds is 2. The number of hydrogen-bond donors (Lipinski definition) is 1. The lowest BCUT2D eigenvalue weighted by Crippen LogP contribution is -2.13. The molecule has 0 bridgehead atoms. The molecule has 3 heteroatoms. The number of nitrogens with two attached hydrogens (primary N) is 1. The Labute approximate surface area is 96.8 Å². The van der Waals surface area contributed by atoms with Gasteiger partial charge < -0.3 is 5.73 Å². The highest BCUT2D eigenvalue weighted by atomic mass is 127. The molecule has 1 aliphatic carbocycles. The first-order valence-electron chi connectivity index (χ1n) is 4.39. The molecule has 13 heavy (non-hydrogen) atoms. The minimum absolute atomic E-state index is 0.186. The van der Waals surface area contributed by atoms with Crippen LogP contribution in [0.1, 0.15) is 24.4 Å². The average molecular weight is 308 g/mol. The van der Waals surface area contributed by atoms with Crippen LogP contribution < -0.4 is 5.73 Å². The summed E-state index contributed by atoms with van der Waals surface area (Å²) in [5.41, 5.74) is 7.31. The summed E-state index contributed by atoms with van der Waals surface area (Å²) in [7, 11) is 0. The summed E-state index contributed by atoms with van der Waals surface area (Å²) >= 11 is 8.29. The van der Waals surface area contributed by atoms with Crippen LogP contribution in [0.25, 0.3) is 0 Å². The van der Waals surface area contributed by atoms with Gasteiger partial charge in [0.15, 0.2) is 0 Å². The van der Waals surface area contributed by atoms with Crippen molar-refractivity contribution < 1.29 is 0 Å². The van der Waals surface area contributed by atoms with E-state index in [-0.39, 0.29) is 6.04 Å². The highest BCUT2D eigenvalue weighted by Gasteiger charge is 2.30. The first kappa shape index (κ1) is 9.74. The van der Waals surface area contributed by atoms with Gasteiger partial charge in [0.2, 0.25) is 0 Å². The maximum Gasteiger partial charge on any atom is 0.0542 e. The van der Waals surface area contributed by atoms with Gasteiger partial charge in [0.25, 0.3) is 0 Å². The number of hydrogen-bond acceptors (Lipinski definition) is 1. The second kappa shape index (κ2) is 3.75. The third-order valence-corrected chi connectivity index (χ3v) is 4.31. The fraction of sp³-hybridized carbons (Fsp3) is 0.400. The molecule has 0 saturated heterocycles. The summed E-state index contributed by atoms with van der Waals surface area (Å²) in [6.45, 7) is 0. The average Bonchev–Trinajstić information content (AvgIpc) is 2.91. The van der Waals surface area contributed by atoms with Gasteiger partial charge in [0.05, 0.1) is 5.02 Å². The van der Waals surface area contributed by atoms with Crippen LogP contribution in [0, 0.1) is 9.49 Å². The van der Waals surface area contributed by atoms with Gasteiger partial charge >= 0.3 is 0 Å². The summed E-state index contributed by atoms with van der Waals surface area (Å²) in [5.74, 6) is 0.687. The van der Waals surface area contributed by atoms with Crippen LogP contribution in [0.3, 0.4) is 0 Å². The fourth-order valence-electron chi connectivity index (χ4n) is 1.49. The normalized spacial score (nSPS) is 18.7. The Hall–Kier alpha value is 0.200. The zero-order chi connectivity index (χ0) is 9.42. The van der Waals surface area contributed by atoms with Gasteiger partial charge in [-0.3, -0.25) is 0 Å². The van der Waals surface area contributed by atoms with Crippen LogP contribution >= 0.6 is 34.2 Å². The maximum atomic E-state index is 6.11. The summed E-state index contributed by atoms with van der Waals surface area (Å²) in [6, 6.07) is 6.15. The van der Waals surface area contributed by atoms with Crippen molar-refractivity contribution in [1.29, 1.82) is 0 Å². The van der Waals surface area contributed by atoms with Crippen molar-refractivity contribution in [2.45, 2.75) is 18.9 Å². The lowest BCUT2D eigenvalue weighted by atomic mass is 10.0. The Morgan fingerprint density at radius 2 is 2.15 bits per heavy atom. The molecule has 1 aliphatic rings. The van der Waals surface area contributed by atoms with Crippen LogP contribution in [0.15, 0.2) is 18.2 Å². The minimum atomic E-state index is 0.186. The Bertz CT molecular complexity index is 323. The molecule has 1 aromatic rings. The molecule has 1 saturated carbocycles. The molecule has 1 atom stereocenters. The molecular weight excluding hydrogens is 296 g/mol. The molecule has 0 spiro atoms. The predicted octanol–water partition coefficient (Wildman–Crippen LogP) is 3.35. The molecular formula is C10H11ClIN. The van der Waals surface area contributed by atoms with Crippen molar-refractivity contribution in [3.63, 3.8) is 0 Å². The van der Waals surface area contributed by atoms with E-state index in [0.29, 0.717) is 5.92 Å². The SMILES string of the molecule is N[C@@H](c1cccc(Cl)c1I)C1CC1. The van der Waals surface area contributed by atoms with E-state index < -0.39 is 0 Å². The maximum absolute atomic E-state index is 6.11. The lowest BCUT2D eigenvalue weighted by Gasteiger charge is -2.13. The van der Waals surface area contributed by atoms with Gasteiger partial charge in [0, 0.05) is 9.61 Å². The first-order chi connectivity index (χ1) is 6.20. The van der Waals surface area contributed by atoms with Crippen molar-refractivity contribution in [3.8, 4) is 0 Å². The smallest absolute Gasteiger partial charge is 0.0542 e. The fourth-order valence-corrected chi connectivity index (χ4v) is 2.39. The van der Waals surface area contributed by atoms with E-state index in [2.05, 4.69) is 28.7 Å². The third kappa shape index (κ3) is 2.00. The third-order valence-electron chi connectivity index (χ3n) is 2.47. The number of halogens is 2. The largest absolute Gasteiger partial charge is 0.324 e. The second-order valence-electron chi connectivity index (χ2n) is 3.51. The minimum Gasteiger partial charge on any atom is -0.324 e. The van der Waals surface area contributed by atoms with Gasteiger partial charge in [-0.25, -0.2) is 0 Å². The molecule has 1 aromatic carbocycles. The molecule has 70 valence electrons. The van der Waals surface area contributed by atoms with Crippen LogP contribution in [0.5, 0.6) is 0 Å². The Morgan fingerprint density at radius 3 is 2.77 bits per heavy atom. The Kier molecular flexibility index (Phi) is 2.81. The van der Waals surface area contributed by atoms with Gasteiger partial charge in [-0.15, -0.1) is 0 Å². The van der Waals surface area contributed by atoms with E-state index in [1.54, 1.807) is 0 Å². The van der Waals surface area contributed by atoms with Crippen LogP contribution in [-0.2, 0) is 0 Å². The standard InChI is InChI=1S/C10H11ClIN/c11-8-3-1-2-7(9(8)12)10(13)6-4-5-6/h1-3,6,10H,4-5,13H2/t10-/m1/s1. The highest BCUT2D eigenvalue weighted by molar-refractivity contribution is 14.1. The molecule has 0 unspecified atom stereocenters. The topological polar surface area (TPSA) is 26.0 Å². The van der Waals surface area contributed by atoms with E-state index in [1.165, 1.54) is 18.4 Å². The van der Waals surface area contributed by atoms with E-state index in [1.807, 2.05) is 12.1 Å². The van der Waals surface area contributed by atoms with Crippen molar-refractivity contribution >= 4 is 34.2 Å². The quantitative estimate of drug-likeness (QED) is 0.833. The molecule has 0 heterocycles. The van der Waals surface area contributed by atoms with Gasteiger partial charge in [-0.2, -0.15) is 0 Å². The van der Waals surface area contributed by atoms with Gasteiger partial charge in [0.1, 0.15) is 0 Å². The molecule has 2 rings (SSSR count). The first-order valence-corrected chi connectivity index (χ1v) is 5.85. The molecule has 1 fully saturated rings. The Morgan fingerprint density at radius 1 is 1.46 bits per heavy atom. The molecule has 1 nitrogen and oxygen atoms in total. The monoisotopic (exact) mass is 307 g/mol.